The number of nitrogens with two attached hydrogens (primary N) is 1. The molecule has 1 fully saturated rings. The molecule has 0 aliphatic carbocycles. The van der Waals surface area contributed by atoms with E-state index in [9.17, 15) is 29.1 Å². The van der Waals surface area contributed by atoms with E-state index in [4.69, 9.17) is 15.6 Å². The van der Waals surface area contributed by atoms with Gasteiger partial charge in [0.25, 0.3) is 5.91 Å². The van der Waals surface area contributed by atoms with Crippen LogP contribution in [0.5, 0.6) is 5.75 Å². The number of ether oxygens (including phenoxy) is 1. The van der Waals surface area contributed by atoms with Gasteiger partial charge in [-0.15, -0.1) is 11.3 Å². The smallest absolute Gasteiger partial charge is 0.307 e. The molecule has 1 unspecified atom stereocenters. The van der Waals surface area contributed by atoms with Crippen LogP contribution in [0.1, 0.15) is 127 Å². The number of hydrogen-bond donors (Lipinski definition) is 5. The molecule has 1 aliphatic rings. The van der Waals surface area contributed by atoms with Crippen LogP contribution in [0, 0.1) is 17.8 Å². The molecule has 7 atom stereocenters. The molecule has 1 saturated heterocycles. The van der Waals surface area contributed by atoms with Crippen molar-refractivity contribution < 1.29 is 33.8 Å². The topological polar surface area (TPSA) is 196 Å². The van der Waals surface area contributed by atoms with Crippen molar-refractivity contribution in [2.45, 2.75) is 136 Å². The van der Waals surface area contributed by atoms with Gasteiger partial charge < -0.3 is 25.4 Å². The molecule has 3 rings (SSSR count). The van der Waals surface area contributed by atoms with E-state index in [1.165, 1.54) is 11.3 Å². The van der Waals surface area contributed by atoms with Crippen LogP contribution in [-0.4, -0.2) is 94.0 Å². The minimum absolute atomic E-state index is 0.0554. The van der Waals surface area contributed by atoms with E-state index < -0.39 is 30.0 Å². The highest BCUT2D eigenvalue weighted by molar-refractivity contribution is 7.09. The second-order valence-electron chi connectivity index (χ2n) is 15.8. The lowest BCUT2D eigenvalue weighted by molar-refractivity contribution is -0.159. The van der Waals surface area contributed by atoms with Gasteiger partial charge >= 0.3 is 5.97 Å². The number of carbonyl (C=O) groups excluding carboxylic acids is 5. The number of amides is 4. The number of thiazole rings is 1. The first-order valence-corrected chi connectivity index (χ1v) is 21.0. The van der Waals surface area contributed by atoms with Gasteiger partial charge in [0.2, 0.25) is 17.7 Å². The van der Waals surface area contributed by atoms with E-state index >= 15 is 0 Å². The molecule has 56 heavy (non-hydrogen) atoms. The fourth-order valence-corrected chi connectivity index (χ4v) is 8.02. The summed E-state index contributed by atoms with van der Waals surface area (Å²) in [7, 11) is 1.94. The number of nitrogens with one attached hydrogen (secondary N) is 3. The number of esters is 1. The molecule has 2 heterocycles. The zero-order valence-corrected chi connectivity index (χ0v) is 35.3. The van der Waals surface area contributed by atoms with Gasteiger partial charge in [-0.1, -0.05) is 73.4 Å². The Morgan fingerprint density at radius 3 is 2.34 bits per heavy atom. The first-order chi connectivity index (χ1) is 26.6. The molecule has 4 amide bonds. The number of phenolic OH excluding ortho intramolecular Hbond substituents is 1. The van der Waals surface area contributed by atoms with Gasteiger partial charge in [0, 0.05) is 35.7 Å². The van der Waals surface area contributed by atoms with Crippen LogP contribution in [0.15, 0.2) is 29.6 Å². The molecule has 1 aromatic carbocycles. The molecule has 1 aromatic heterocycles. The minimum atomic E-state index is -0.812. The van der Waals surface area contributed by atoms with Crippen molar-refractivity contribution in [2.75, 3.05) is 20.3 Å². The number of phenols is 1. The predicted octanol–water partition coefficient (Wildman–Crippen LogP) is 4.87. The number of likely N-dealkylation sites (tertiary alicyclic amines) is 1. The monoisotopic (exact) mass is 799 g/mol. The molecule has 0 bridgehead atoms. The van der Waals surface area contributed by atoms with Crippen molar-refractivity contribution in [2.24, 2.45) is 23.6 Å². The summed E-state index contributed by atoms with van der Waals surface area (Å²) in [6.45, 7) is 14.2. The Labute approximate surface area is 336 Å². The molecule has 0 saturated carbocycles. The maximum absolute atomic E-state index is 14.7. The molecule has 0 radical (unpaired) electrons. The van der Waals surface area contributed by atoms with Crippen molar-refractivity contribution in [1.29, 1.82) is 0 Å². The summed E-state index contributed by atoms with van der Waals surface area (Å²) < 4.78 is 5.69. The summed E-state index contributed by atoms with van der Waals surface area (Å²) in [6.07, 6.45) is 5.39. The first kappa shape index (κ1) is 46.3. The zero-order chi connectivity index (χ0) is 41.5. The van der Waals surface area contributed by atoms with Crippen LogP contribution in [0.4, 0.5) is 0 Å². The van der Waals surface area contributed by atoms with E-state index in [-0.39, 0.29) is 72.0 Å². The molecule has 6 N–H and O–H groups in total. The van der Waals surface area contributed by atoms with Crippen LogP contribution in [0.3, 0.4) is 0 Å². The molecule has 2 aromatic rings. The van der Waals surface area contributed by atoms with E-state index in [0.29, 0.717) is 37.1 Å². The number of benzene rings is 1. The van der Waals surface area contributed by atoms with E-state index in [2.05, 4.69) is 16.1 Å². The maximum atomic E-state index is 14.7. The number of carbonyl (C=O) groups is 5. The second-order valence-corrected chi connectivity index (χ2v) is 16.7. The highest BCUT2D eigenvalue weighted by Crippen LogP contribution is 2.30. The molecule has 15 heteroatoms. The maximum Gasteiger partial charge on any atom is 0.307 e. The van der Waals surface area contributed by atoms with Crippen molar-refractivity contribution in [3.8, 4) is 5.75 Å². The summed E-state index contributed by atoms with van der Waals surface area (Å²) >= 11 is 1.35. The molecule has 14 nitrogen and oxygen atoms in total. The number of nitrogens with zero attached hydrogens (tertiary/aromatic N) is 3. The van der Waals surface area contributed by atoms with Crippen molar-refractivity contribution in [3.05, 3.63) is 45.9 Å². The van der Waals surface area contributed by atoms with Crippen LogP contribution in [0.2, 0.25) is 0 Å². The number of rotatable bonds is 21. The number of aromatic nitrogens is 1. The second kappa shape index (κ2) is 22.6. The van der Waals surface area contributed by atoms with Crippen LogP contribution < -0.4 is 21.9 Å². The third kappa shape index (κ3) is 13.5. The average molecular weight is 800 g/mol. The Morgan fingerprint density at radius 1 is 1.04 bits per heavy atom. The Morgan fingerprint density at radius 2 is 1.73 bits per heavy atom. The van der Waals surface area contributed by atoms with Crippen LogP contribution in [-0.2, 0) is 30.3 Å². The summed E-state index contributed by atoms with van der Waals surface area (Å²) in [6, 6.07) is 4.73. The molecule has 1 aliphatic heterocycles. The van der Waals surface area contributed by atoms with Gasteiger partial charge in [0.15, 0.2) is 6.73 Å². The Balaban J connectivity index is 1.85. The third-order valence-electron chi connectivity index (χ3n) is 10.9. The third-order valence-corrected chi connectivity index (χ3v) is 12.0. The lowest BCUT2D eigenvalue weighted by atomic mass is 9.90. The number of hydrogen-bond acceptors (Lipinski definition) is 11. The van der Waals surface area contributed by atoms with Gasteiger partial charge in [0.05, 0.1) is 11.0 Å². The van der Waals surface area contributed by atoms with Crippen molar-refractivity contribution in [3.63, 3.8) is 0 Å². The summed E-state index contributed by atoms with van der Waals surface area (Å²) in [5.74, 6) is 3.01. The standard InChI is InChI=1S/C41H65N7O7S/c1-9-13-35(50)55-24-48(41(54)36(26(5)10-2)45-39(53)33-14-11-12-19-47(33)8)34(25(3)4)21-28(7)40-44-32(23-56-40)38(52)43-30(20-27(6)37(51)46-42)22-29-15-17-31(49)18-16-29/h15-18,23,25-28,30,33-34,36,49H,9-14,19-22,24,42H2,1-8H3,(H,43,52)(H,45,53)(H,46,51)/t26?,27-,28+,30+,33+,34+,36-/m0/s1. The van der Waals surface area contributed by atoms with E-state index in [0.717, 1.165) is 31.4 Å². The SMILES string of the molecule is CCCC(=O)OCN(C(=O)[C@@H](NC(=O)[C@H]1CCCCN1C)C(C)CC)[C@H](C[C@@H](C)c1nc(C(=O)N[C@@H](Cc2ccc(O)cc2)C[C@H](C)C(=O)NN)cs1)C(C)C. The minimum Gasteiger partial charge on any atom is -0.508 e. The number of hydrazine groups is 1. The largest absolute Gasteiger partial charge is 0.508 e. The predicted molar refractivity (Wildman–Crippen MR) is 217 cm³/mol. The number of likely N-dealkylation sites (N-methyl/N-ethyl adjacent to an activating group) is 1. The molecular formula is C41H65N7O7S. The van der Waals surface area contributed by atoms with Gasteiger partial charge in [-0.2, -0.15) is 0 Å². The highest BCUT2D eigenvalue weighted by atomic mass is 32.1. The van der Waals surface area contributed by atoms with Crippen LogP contribution >= 0.6 is 11.3 Å². The number of piperidine rings is 1. The van der Waals surface area contributed by atoms with E-state index in [1.807, 2.05) is 53.5 Å². The zero-order valence-electron chi connectivity index (χ0n) is 34.5. The normalized spacial score (nSPS) is 17.9. The summed E-state index contributed by atoms with van der Waals surface area (Å²) in [4.78, 5) is 75.2. The van der Waals surface area contributed by atoms with Gasteiger partial charge in [0.1, 0.15) is 17.5 Å². The van der Waals surface area contributed by atoms with Gasteiger partial charge in [-0.25, -0.2) is 10.8 Å². The molecule has 0 spiro atoms. The fourth-order valence-electron chi connectivity index (χ4n) is 7.14. The lowest BCUT2D eigenvalue weighted by Gasteiger charge is -2.39. The summed E-state index contributed by atoms with van der Waals surface area (Å²) in [5, 5.41) is 18.3. The highest BCUT2D eigenvalue weighted by Gasteiger charge is 2.38. The van der Waals surface area contributed by atoms with E-state index in [1.54, 1.807) is 41.5 Å². The summed E-state index contributed by atoms with van der Waals surface area (Å²) in [5.41, 5.74) is 3.28. The lowest BCUT2D eigenvalue weighted by Crippen LogP contribution is -2.59. The van der Waals surface area contributed by atoms with Gasteiger partial charge in [-0.3, -0.25) is 34.3 Å². The van der Waals surface area contributed by atoms with Crippen LogP contribution in [0.25, 0.3) is 0 Å². The molecular weight excluding hydrogens is 735 g/mol. The Bertz CT molecular complexity index is 1590. The van der Waals surface area contributed by atoms with Crippen molar-refractivity contribution >= 4 is 40.9 Å². The Kier molecular flexibility index (Phi) is 18.7. The Hall–Kier alpha value is -4.08. The number of aromatic hydroxyl groups is 1. The first-order valence-electron chi connectivity index (χ1n) is 20.1. The van der Waals surface area contributed by atoms with Gasteiger partial charge in [-0.05, 0) is 81.6 Å². The van der Waals surface area contributed by atoms with Crippen molar-refractivity contribution in [1.82, 2.24) is 30.8 Å². The fraction of sp³-hybridized carbons (Fsp3) is 0.659. The quantitative estimate of drug-likeness (QED) is 0.0382. The molecule has 312 valence electrons. The average Bonchev–Trinajstić information content (AvgIpc) is 3.68.